The average Bonchev–Trinajstić information content (AvgIpc) is 3.21. The molecule has 0 aliphatic carbocycles. The van der Waals surface area contributed by atoms with Crippen molar-refractivity contribution in [2.45, 2.75) is 53.4 Å². The summed E-state index contributed by atoms with van der Waals surface area (Å²) in [6.07, 6.45) is 4.19. The molecule has 0 amide bonds. The van der Waals surface area contributed by atoms with Crippen molar-refractivity contribution in [2.75, 3.05) is 18.0 Å². The van der Waals surface area contributed by atoms with Crippen LogP contribution in [0.5, 0.6) is 0 Å². The van der Waals surface area contributed by atoms with Gasteiger partial charge in [0, 0.05) is 34.8 Å². The summed E-state index contributed by atoms with van der Waals surface area (Å²) in [7, 11) is 0. The predicted molar refractivity (Wildman–Crippen MR) is 128 cm³/mol. The van der Waals surface area contributed by atoms with Crippen molar-refractivity contribution in [1.82, 2.24) is 15.2 Å². The molecule has 4 nitrogen and oxygen atoms in total. The van der Waals surface area contributed by atoms with E-state index in [0.717, 1.165) is 48.2 Å². The molecule has 0 radical (unpaired) electrons. The third-order valence-electron chi connectivity index (χ3n) is 5.88. The van der Waals surface area contributed by atoms with Crippen molar-refractivity contribution >= 4 is 27.4 Å². The van der Waals surface area contributed by atoms with Gasteiger partial charge in [-0.1, -0.05) is 58.0 Å². The van der Waals surface area contributed by atoms with Crippen molar-refractivity contribution in [3.05, 3.63) is 53.9 Å². The van der Waals surface area contributed by atoms with E-state index in [4.69, 9.17) is 4.98 Å². The lowest BCUT2D eigenvalue weighted by atomic mass is 9.90. The number of rotatable bonds is 7. The molecule has 0 fully saturated rings. The van der Waals surface area contributed by atoms with Crippen LogP contribution in [-0.4, -0.2) is 28.3 Å². The van der Waals surface area contributed by atoms with E-state index >= 15 is 0 Å². The number of aromatic amines is 1. The quantitative estimate of drug-likeness (QED) is 0.369. The molecular formula is C26H32N4. The fourth-order valence-corrected chi connectivity index (χ4v) is 4.62. The summed E-state index contributed by atoms with van der Waals surface area (Å²) < 4.78 is 0. The van der Waals surface area contributed by atoms with Gasteiger partial charge in [0.2, 0.25) is 0 Å². The lowest BCUT2D eigenvalue weighted by molar-refractivity contribution is 0.743. The van der Waals surface area contributed by atoms with Crippen molar-refractivity contribution in [1.29, 1.82) is 0 Å². The van der Waals surface area contributed by atoms with Gasteiger partial charge in [-0.05, 0) is 37.3 Å². The van der Waals surface area contributed by atoms with E-state index in [2.05, 4.69) is 86.1 Å². The minimum atomic E-state index is 0.400. The van der Waals surface area contributed by atoms with Crippen LogP contribution in [0.3, 0.4) is 0 Å². The summed E-state index contributed by atoms with van der Waals surface area (Å²) in [6.45, 7) is 13.3. The van der Waals surface area contributed by atoms with E-state index in [-0.39, 0.29) is 0 Å². The molecule has 2 heterocycles. The monoisotopic (exact) mass is 400 g/mol. The molecule has 4 heteroatoms. The minimum absolute atomic E-state index is 0.400. The number of aromatic nitrogens is 3. The van der Waals surface area contributed by atoms with Crippen LogP contribution in [0.2, 0.25) is 0 Å². The molecule has 1 N–H and O–H groups in total. The van der Waals surface area contributed by atoms with Gasteiger partial charge in [-0.15, -0.1) is 0 Å². The number of benzene rings is 2. The molecule has 30 heavy (non-hydrogen) atoms. The summed E-state index contributed by atoms with van der Waals surface area (Å²) in [5.74, 6) is 0.400. The van der Waals surface area contributed by atoms with Gasteiger partial charge in [0.25, 0.3) is 0 Å². The summed E-state index contributed by atoms with van der Waals surface area (Å²) in [5.41, 5.74) is 7.02. The largest absolute Gasteiger partial charge is 0.370 e. The van der Waals surface area contributed by atoms with Gasteiger partial charge in [0.15, 0.2) is 0 Å². The standard InChI is InChI=1S/C26H32N4/c1-6-14-30(15-7-2)26-18(5)28-25(20-10-8-9-11-21(20)26)24-19(17(3)4)12-13-23-22(24)16-27-29-23/h8-13,16-17H,6-7,14-15H2,1-5H3,(H,27,29). The van der Waals surface area contributed by atoms with Gasteiger partial charge in [-0.2, -0.15) is 5.10 Å². The second kappa shape index (κ2) is 8.47. The van der Waals surface area contributed by atoms with Gasteiger partial charge < -0.3 is 4.90 Å². The topological polar surface area (TPSA) is 44.8 Å². The molecule has 0 saturated carbocycles. The molecule has 0 spiro atoms. The van der Waals surface area contributed by atoms with Crippen molar-refractivity contribution in [3.8, 4) is 11.3 Å². The Hall–Kier alpha value is -2.88. The number of aryl methyl sites for hydroxylation is 1. The molecule has 0 aliphatic heterocycles. The normalized spacial score (nSPS) is 11.7. The first-order chi connectivity index (χ1) is 14.6. The molecule has 2 aromatic heterocycles. The fraction of sp³-hybridized carbons (Fsp3) is 0.385. The first kappa shape index (κ1) is 20.4. The van der Waals surface area contributed by atoms with Crippen LogP contribution < -0.4 is 4.90 Å². The number of anilines is 1. The van der Waals surface area contributed by atoms with Crippen LogP contribution in [0.1, 0.15) is 57.7 Å². The SMILES string of the molecule is CCCN(CCC)c1c(C)nc(-c2c(C(C)C)ccc3[nH]ncc23)c2ccccc12. The zero-order chi connectivity index (χ0) is 21.3. The molecule has 0 saturated heterocycles. The first-order valence-electron chi connectivity index (χ1n) is 11.2. The highest BCUT2D eigenvalue weighted by atomic mass is 15.1. The number of fused-ring (bicyclic) bond motifs is 2. The van der Waals surface area contributed by atoms with Crippen molar-refractivity contribution < 1.29 is 0 Å². The van der Waals surface area contributed by atoms with Crippen LogP contribution >= 0.6 is 0 Å². The molecule has 0 bridgehead atoms. The number of hydrogen-bond donors (Lipinski definition) is 1. The molecule has 0 unspecified atom stereocenters. The van der Waals surface area contributed by atoms with E-state index in [1.165, 1.54) is 27.6 Å². The second-order valence-electron chi connectivity index (χ2n) is 8.44. The Morgan fingerprint density at radius 2 is 1.63 bits per heavy atom. The number of pyridine rings is 1. The molecule has 4 aromatic rings. The van der Waals surface area contributed by atoms with Crippen LogP contribution in [0.4, 0.5) is 5.69 Å². The Bertz CT molecular complexity index is 1170. The van der Waals surface area contributed by atoms with Gasteiger partial charge in [0.1, 0.15) is 0 Å². The average molecular weight is 401 g/mol. The molecular weight excluding hydrogens is 368 g/mol. The number of nitrogens with zero attached hydrogens (tertiary/aromatic N) is 3. The molecule has 2 aromatic carbocycles. The van der Waals surface area contributed by atoms with E-state index in [9.17, 15) is 0 Å². The second-order valence-corrected chi connectivity index (χ2v) is 8.44. The molecule has 156 valence electrons. The highest BCUT2D eigenvalue weighted by molar-refractivity contribution is 6.08. The van der Waals surface area contributed by atoms with Gasteiger partial charge in [0.05, 0.1) is 28.8 Å². The van der Waals surface area contributed by atoms with Crippen LogP contribution in [-0.2, 0) is 0 Å². The van der Waals surface area contributed by atoms with Gasteiger partial charge in [-0.25, -0.2) is 0 Å². The highest BCUT2D eigenvalue weighted by Crippen LogP contribution is 2.41. The number of hydrogen-bond acceptors (Lipinski definition) is 3. The molecule has 0 atom stereocenters. The Balaban J connectivity index is 2.06. The smallest absolute Gasteiger partial charge is 0.0795 e. The van der Waals surface area contributed by atoms with Crippen molar-refractivity contribution in [3.63, 3.8) is 0 Å². The number of H-pyrrole nitrogens is 1. The van der Waals surface area contributed by atoms with Crippen LogP contribution in [0.15, 0.2) is 42.6 Å². The Kier molecular flexibility index (Phi) is 5.76. The van der Waals surface area contributed by atoms with Crippen LogP contribution in [0.25, 0.3) is 32.9 Å². The molecule has 4 rings (SSSR count). The number of nitrogens with one attached hydrogen (secondary N) is 1. The van der Waals surface area contributed by atoms with Gasteiger partial charge in [-0.3, -0.25) is 10.1 Å². The van der Waals surface area contributed by atoms with E-state index < -0.39 is 0 Å². The van der Waals surface area contributed by atoms with E-state index in [1.807, 2.05) is 6.20 Å². The first-order valence-corrected chi connectivity index (χ1v) is 11.2. The molecule has 0 aliphatic rings. The summed E-state index contributed by atoms with van der Waals surface area (Å²) >= 11 is 0. The highest BCUT2D eigenvalue weighted by Gasteiger charge is 2.21. The zero-order valence-electron chi connectivity index (χ0n) is 18.8. The van der Waals surface area contributed by atoms with E-state index in [0.29, 0.717) is 5.92 Å². The van der Waals surface area contributed by atoms with E-state index in [1.54, 1.807) is 0 Å². The van der Waals surface area contributed by atoms with Crippen molar-refractivity contribution in [2.24, 2.45) is 0 Å². The minimum Gasteiger partial charge on any atom is -0.370 e. The zero-order valence-corrected chi connectivity index (χ0v) is 18.8. The van der Waals surface area contributed by atoms with Gasteiger partial charge >= 0.3 is 0 Å². The third kappa shape index (κ3) is 3.45. The predicted octanol–water partition coefficient (Wildman–Crippen LogP) is 6.84. The summed E-state index contributed by atoms with van der Waals surface area (Å²) in [6, 6.07) is 13.1. The maximum Gasteiger partial charge on any atom is 0.0795 e. The Morgan fingerprint density at radius 3 is 2.30 bits per heavy atom. The Morgan fingerprint density at radius 1 is 0.933 bits per heavy atom. The fourth-order valence-electron chi connectivity index (χ4n) is 4.62. The maximum absolute atomic E-state index is 5.25. The lowest BCUT2D eigenvalue weighted by Crippen LogP contribution is -2.26. The summed E-state index contributed by atoms with van der Waals surface area (Å²) in [4.78, 5) is 7.76. The van der Waals surface area contributed by atoms with Crippen LogP contribution in [0, 0.1) is 6.92 Å². The third-order valence-corrected chi connectivity index (χ3v) is 5.88. The lowest BCUT2D eigenvalue weighted by Gasteiger charge is -2.28. The summed E-state index contributed by atoms with van der Waals surface area (Å²) in [5, 5.41) is 11.1. The Labute approximate surface area is 179 Å². The maximum atomic E-state index is 5.25.